The Bertz CT molecular complexity index is 395. The molecule has 0 spiro atoms. The summed E-state index contributed by atoms with van der Waals surface area (Å²) in [5, 5.41) is 9.65. The molecule has 2 aromatic carbocycles. The fourth-order valence-electron chi connectivity index (χ4n) is 1.15. The van der Waals surface area contributed by atoms with Crippen LogP contribution in [0, 0.1) is 0 Å². The van der Waals surface area contributed by atoms with Crippen LogP contribution in [0.1, 0.15) is 12.5 Å². The highest BCUT2D eigenvalue weighted by Gasteiger charge is 1.86. The van der Waals surface area contributed by atoms with Gasteiger partial charge in [-0.2, -0.15) is 0 Å². The van der Waals surface area contributed by atoms with Gasteiger partial charge >= 0.3 is 0 Å². The number of hydrogen-bond acceptors (Lipinski definition) is 1. The van der Waals surface area contributed by atoms with Crippen molar-refractivity contribution in [2.45, 2.75) is 13.3 Å². The fourth-order valence-corrected chi connectivity index (χ4v) is 1.29. The van der Waals surface area contributed by atoms with Gasteiger partial charge in [0.15, 0.2) is 0 Å². The Kier molecular flexibility index (Phi) is 5.44. The molecule has 0 aliphatic heterocycles. The predicted octanol–water partition coefficient (Wildman–Crippen LogP) is 4.29. The largest absolute Gasteiger partial charge is 0.508 e. The van der Waals surface area contributed by atoms with Gasteiger partial charge in [-0.15, -0.1) is 0 Å². The van der Waals surface area contributed by atoms with E-state index in [0.29, 0.717) is 5.75 Å². The van der Waals surface area contributed by atoms with Crippen LogP contribution in [-0.2, 0) is 6.42 Å². The molecule has 84 valence electrons. The number of halogens is 1. The number of phenols is 1. The highest BCUT2D eigenvalue weighted by Crippen LogP contribution is 2.09. The molecule has 2 rings (SSSR count). The minimum absolute atomic E-state index is 0.340. The molecule has 2 heteroatoms. The molecule has 1 nitrogen and oxygen atoms in total. The second-order valence-electron chi connectivity index (χ2n) is 3.32. The molecule has 0 aromatic heterocycles. The summed E-state index contributed by atoms with van der Waals surface area (Å²) in [5.74, 6) is 0.340. The quantitative estimate of drug-likeness (QED) is 0.780. The molecule has 0 unspecified atom stereocenters. The van der Waals surface area contributed by atoms with Crippen molar-refractivity contribution in [3.63, 3.8) is 0 Å². The molecule has 0 bridgehead atoms. The highest BCUT2D eigenvalue weighted by molar-refractivity contribution is 6.30. The molecule has 0 aliphatic carbocycles. The molecular weight excluding hydrogens is 220 g/mol. The van der Waals surface area contributed by atoms with E-state index in [9.17, 15) is 0 Å². The summed E-state index contributed by atoms with van der Waals surface area (Å²) in [6, 6.07) is 16.7. The van der Waals surface area contributed by atoms with Gasteiger partial charge in [-0.3, -0.25) is 0 Å². The smallest absolute Gasteiger partial charge is 0.115 e. The summed E-state index contributed by atoms with van der Waals surface area (Å²) in [4.78, 5) is 0. The fraction of sp³-hybridized carbons (Fsp3) is 0.143. The molecule has 2 aromatic rings. The van der Waals surface area contributed by atoms with E-state index in [1.807, 2.05) is 42.5 Å². The van der Waals surface area contributed by atoms with Gasteiger partial charge in [-0.05, 0) is 36.2 Å². The second kappa shape index (κ2) is 6.91. The van der Waals surface area contributed by atoms with Gasteiger partial charge in [0.05, 0.1) is 0 Å². The van der Waals surface area contributed by atoms with Gasteiger partial charge in [-0.25, -0.2) is 0 Å². The third-order valence-corrected chi connectivity index (χ3v) is 2.33. The van der Waals surface area contributed by atoms with Gasteiger partial charge in [0.1, 0.15) is 5.75 Å². The number of rotatable bonds is 1. The third-order valence-electron chi connectivity index (χ3n) is 2.08. The lowest BCUT2D eigenvalue weighted by molar-refractivity contribution is 0.475. The first-order valence-electron chi connectivity index (χ1n) is 5.21. The van der Waals surface area contributed by atoms with E-state index < -0.39 is 0 Å². The van der Waals surface area contributed by atoms with E-state index in [4.69, 9.17) is 16.7 Å². The van der Waals surface area contributed by atoms with Crippen molar-refractivity contribution in [3.05, 3.63) is 65.2 Å². The van der Waals surface area contributed by atoms with E-state index in [1.165, 1.54) is 5.56 Å². The van der Waals surface area contributed by atoms with Crippen LogP contribution >= 0.6 is 11.6 Å². The van der Waals surface area contributed by atoms with Crippen LogP contribution in [0.15, 0.2) is 54.6 Å². The lowest BCUT2D eigenvalue weighted by Crippen LogP contribution is -1.75. The van der Waals surface area contributed by atoms with Crippen LogP contribution < -0.4 is 0 Å². The Morgan fingerprint density at radius 2 is 1.50 bits per heavy atom. The summed E-state index contributed by atoms with van der Waals surface area (Å²) in [5.41, 5.74) is 1.26. The first-order chi connectivity index (χ1) is 7.72. The van der Waals surface area contributed by atoms with Crippen molar-refractivity contribution in [2.24, 2.45) is 0 Å². The van der Waals surface area contributed by atoms with Gasteiger partial charge in [-0.1, -0.05) is 48.9 Å². The molecule has 0 saturated carbocycles. The van der Waals surface area contributed by atoms with Crippen LogP contribution in [0.3, 0.4) is 0 Å². The maximum Gasteiger partial charge on any atom is 0.115 e. The zero-order valence-corrected chi connectivity index (χ0v) is 9.98. The van der Waals surface area contributed by atoms with Crippen LogP contribution in [0.4, 0.5) is 0 Å². The summed E-state index contributed by atoms with van der Waals surface area (Å²) in [6.07, 6.45) is 1.03. The van der Waals surface area contributed by atoms with Gasteiger partial charge < -0.3 is 5.11 Å². The van der Waals surface area contributed by atoms with Crippen molar-refractivity contribution < 1.29 is 5.11 Å². The molecule has 0 amide bonds. The molecule has 1 N–H and O–H groups in total. The van der Waals surface area contributed by atoms with Crippen molar-refractivity contribution in [1.82, 2.24) is 0 Å². The molecule has 0 heterocycles. The third kappa shape index (κ3) is 4.85. The van der Waals surface area contributed by atoms with Crippen LogP contribution in [0.2, 0.25) is 5.02 Å². The first-order valence-corrected chi connectivity index (χ1v) is 5.58. The highest BCUT2D eigenvalue weighted by atomic mass is 35.5. The SMILES string of the molecule is CCc1ccc(O)cc1.Clc1ccccc1. The van der Waals surface area contributed by atoms with Gasteiger partial charge in [0.2, 0.25) is 0 Å². The molecule has 0 fully saturated rings. The molecule has 16 heavy (non-hydrogen) atoms. The predicted molar refractivity (Wildman–Crippen MR) is 68.9 cm³/mol. The Morgan fingerprint density at radius 3 is 1.88 bits per heavy atom. The van der Waals surface area contributed by atoms with E-state index in [1.54, 1.807) is 12.1 Å². The lowest BCUT2D eigenvalue weighted by atomic mass is 10.2. The zero-order chi connectivity index (χ0) is 11.8. The number of benzene rings is 2. The standard InChI is InChI=1S/C8H10O.C6H5Cl/c1-2-7-3-5-8(9)6-4-7;7-6-4-2-1-3-5-6/h3-6,9H,2H2,1H3;1-5H. The van der Waals surface area contributed by atoms with Gasteiger partial charge in [0.25, 0.3) is 0 Å². The maximum absolute atomic E-state index is 8.85. The van der Waals surface area contributed by atoms with E-state index in [-0.39, 0.29) is 0 Å². The topological polar surface area (TPSA) is 20.2 Å². The minimum atomic E-state index is 0.340. The van der Waals surface area contributed by atoms with Crippen LogP contribution in [-0.4, -0.2) is 5.11 Å². The van der Waals surface area contributed by atoms with E-state index in [2.05, 4.69) is 6.92 Å². The van der Waals surface area contributed by atoms with Gasteiger partial charge in [0, 0.05) is 5.02 Å². The number of phenolic OH excluding ortho intramolecular Hbond substituents is 1. The molecule has 0 saturated heterocycles. The summed E-state index contributed by atoms with van der Waals surface area (Å²) >= 11 is 5.54. The average molecular weight is 235 g/mol. The summed E-state index contributed by atoms with van der Waals surface area (Å²) < 4.78 is 0. The van der Waals surface area contributed by atoms with Crippen molar-refractivity contribution >= 4 is 11.6 Å². The Balaban J connectivity index is 0.000000165. The number of hydrogen-bond donors (Lipinski definition) is 1. The monoisotopic (exact) mass is 234 g/mol. The van der Waals surface area contributed by atoms with Crippen LogP contribution in [0.5, 0.6) is 5.75 Å². The molecular formula is C14H15ClO. The van der Waals surface area contributed by atoms with Crippen molar-refractivity contribution in [1.29, 1.82) is 0 Å². The second-order valence-corrected chi connectivity index (χ2v) is 3.75. The van der Waals surface area contributed by atoms with Crippen molar-refractivity contribution in [3.8, 4) is 5.75 Å². The Morgan fingerprint density at radius 1 is 0.938 bits per heavy atom. The molecule has 0 aliphatic rings. The van der Waals surface area contributed by atoms with E-state index >= 15 is 0 Å². The number of aryl methyl sites for hydroxylation is 1. The van der Waals surface area contributed by atoms with Crippen molar-refractivity contribution in [2.75, 3.05) is 0 Å². The Labute approximate surface area is 101 Å². The zero-order valence-electron chi connectivity index (χ0n) is 9.23. The normalized spacial score (nSPS) is 9.12. The maximum atomic E-state index is 8.85. The van der Waals surface area contributed by atoms with E-state index in [0.717, 1.165) is 11.4 Å². The average Bonchev–Trinajstić information content (AvgIpc) is 2.32. The minimum Gasteiger partial charge on any atom is -0.508 e. The molecule has 0 atom stereocenters. The number of aromatic hydroxyl groups is 1. The Hall–Kier alpha value is -1.47. The summed E-state index contributed by atoms with van der Waals surface area (Å²) in [6.45, 7) is 2.09. The summed E-state index contributed by atoms with van der Waals surface area (Å²) in [7, 11) is 0. The van der Waals surface area contributed by atoms with Crippen LogP contribution in [0.25, 0.3) is 0 Å². The molecule has 0 radical (unpaired) electrons. The first kappa shape index (κ1) is 12.6. The lowest BCUT2D eigenvalue weighted by Gasteiger charge is -1.93.